The van der Waals surface area contributed by atoms with Crippen LogP contribution in [-0.4, -0.2) is 23.1 Å². The van der Waals surface area contributed by atoms with Crippen LogP contribution >= 0.6 is 11.8 Å². The third-order valence-electron chi connectivity index (χ3n) is 4.38. The number of rotatable bonds is 4. The topological polar surface area (TPSA) is 38.3 Å². The molecular formula is C17H23NO2S. The second kappa shape index (κ2) is 7.21. The van der Waals surface area contributed by atoms with Gasteiger partial charge in [-0.3, -0.25) is 0 Å². The molecule has 2 aliphatic heterocycles. The predicted molar refractivity (Wildman–Crippen MR) is 86.4 cm³/mol. The van der Waals surface area contributed by atoms with Crippen molar-refractivity contribution in [2.45, 2.75) is 49.2 Å². The third-order valence-corrected chi connectivity index (χ3v) is 6.00. The minimum atomic E-state index is -0.290. The fraction of sp³-hybridized carbons (Fsp3) is 0.588. The van der Waals surface area contributed by atoms with Crippen molar-refractivity contribution >= 4 is 17.9 Å². The van der Waals surface area contributed by atoms with Gasteiger partial charge in [0.05, 0.1) is 0 Å². The molecule has 0 radical (unpaired) electrons. The number of ether oxygens (including phenoxy) is 1. The summed E-state index contributed by atoms with van der Waals surface area (Å²) in [7, 11) is 0. The van der Waals surface area contributed by atoms with E-state index in [1.54, 1.807) is 0 Å². The lowest BCUT2D eigenvalue weighted by molar-refractivity contribution is 0.137. The maximum Gasteiger partial charge on any atom is 0.407 e. The van der Waals surface area contributed by atoms with Crippen LogP contribution < -0.4 is 5.32 Å². The Morgan fingerprint density at radius 1 is 1.19 bits per heavy atom. The van der Waals surface area contributed by atoms with Crippen molar-refractivity contribution in [2.75, 3.05) is 6.54 Å². The Morgan fingerprint density at radius 2 is 1.90 bits per heavy atom. The van der Waals surface area contributed by atoms with Crippen LogP contribution in [0.5, 0.6) is 0 Å². The zero-order valence-corrected chi connectivity index (χ0v) is 13.1. The highest BCUT2D eigenvalue weighted by atomic mass is 32.2. The largest absolute Gasteiger partial charge is 0.445 e. The molecule has 1 amide bonds. The first kappa shape index (κ1) is 14.8. The molecular weight excluding hydrogens is 282 g/mol. The van der Waals surface area contributed by atoms with Gasteiger partial charge in [-0.25, -0.2) is 4.79 Å². The van der Waals surface area contributed by atoms with Gasteiger partial charge in [-0.05, 0) is 37.2 Å². The standard InChI is InChI=1S/C17H23NO2S/c19-17(20-12-13-5-2-1-3-6-13)18-11-14-9-15-7-4-8-16(10-14)21-15/h1-3,5-6,14-16H,4,7-12H2,(H,18,19). The summed E-state index contributed by atoms with van der Waals surface area (Å²) in [5, 5.41) is 4.59. The van der Waals surface area contributed by atoms with Crippen molar-refractivity contribution in [2.24, 2.45) is 5.92 Å². The number of carbonyl (C=O) groups is 1. The van der Waals surface area contributed by atoms with Crippen LogP contribution in [-0.2, 0) is 11.3 Å². The maximum atomic E-state index is 11.8. The van der Waals surface area contributed by atoms with E-state index in [2.05, 4.69) is 17.1 Å². The minimum absolute atomic E-state index is 0.290. The fourth-order valence-corrected chi connectivity index (χ4v) is 5.25. The zero-order valence-electron chi connectivity index (χ0n) is 12.3. The van der Waals surface area contributed by atoms with Gasteiger partial charge < -0.3 is 10.1 Å². The Labute approximate surface area is 130 Å². The van der Waals surface area contributed by atoms with Crippen LogP contribution in [0.3, 0.4) is 0 Å². The molecule has 2 atom stereocenters. The molecule has 0 aromatic heterocycles. The Kier molecular flexibility index (Phi) is 5.07. The molecule has 0 saturated carbocycles. The van der Waals surface area contributed by atoms with Crippen molar-refractivity contribution in [3.8, 4) is 0 Å². The lowest BCUT2D eigenvalue weighted by Crippen LogP contribution is -2.36. The first-order chi connectivity index (χ1) is 10.3. The SMILES string of the molecule is O=C(NCC1CC2CCCC(C1)S2)OCc1ccccc1. The summed E-state index contributed by atoms with van der Waals surface area (Å²) < 4.78 is 5.26. The monoisotopic (exact) mass is 305 g/mol. The van der Waals surface area contributed by atoms with E-state index >= 15 is 0 Å². The third kappa shape index (κ3) is 4.40. The summed E-state index contributed by atoms with van der Waals surface area (Å²) in [6.45, 7) is 1.11. The van der Waals surface area contributed by atoms with E-state index < -0.39 is 0 Å². The van der Waals surface area contributed by atoms with Gasteiger partial charge in [-0.1, -0.05) is 36.8 Å². The molecule has 114 valence electrons. The van der Waals surface area contributed by atoms with Crippen LogP contribution in [0.2, 0.25) is 0 Å². The van der Waals surface area contributed by atoms with Crippen molar-refractivity contribution in [1.29, 1.82) is 0 Å². The van der Waals surface area contributed by atoms with E-state index in [1.807, 2.05) is 30.3 Å². The molecule has 4 heteroatoms. The molecule has 1 aromatic rings. The summed E-state index contributed by atoms with van der Waals surface area (Å²) in [5.41, 5.74) is 1.02. The molecule has 1 N–H and O–H groups in total. The van der Waals surface area contributed by atoms with E-state index in [9.17, 15) is 4.79 Å². The van der Waals surface area contributed by atoms with E-state index in [1.165, 1.54) is 32.1 Å². The summed E-state index contributed by atoms with van der Waals surface area (Å²) >= 11 is 2.17. The number of fused-ring (bicyclic) bond motifs is 2. The summed E-state index contributed by atoms with van der Waals surface area (Å²) in [6, 6.07) is 9.80. The highest BCUT2D eigenvalue weighted by Gasteiger charge is 2.32. The van der Waals surface area contributed by atoms with Crippen LogP contribution in [0, 0.1) is 5.92 Å². The van der Waals surface area contributed by atoms with E-state index in [0.29, 0.717) is 12.5 Å². The highest BCUT2D eigenvalue weighted by Crippen LogP contribution is 2.43. The first-order valence-electron chi connectivity index (χ1n) is 7.89. The Hall–Kier alpha value is -1.16. The van der Waals surface area contributed by atoms with Gasteiger partial charge in [0.25, 0.3) is 0 Å². The normalized spacial score (nSPS) is 27.9. The maximum absolute atomic E-state index is 11.8. The average Bonchev–Trinajstić information content (AvgIpc) is 2.52. The molecule has 2 fully saturated rings. The summed E-state index contributed by atoms with van der Waals surface area (Å²) in [5.74, 6) is 0.630. The molecule has 21 heavy (non-hydrogen) atoms. The Morgan fingerprint density at radius 3 is 2.62 bits per heavy atom. The lowest BCUT2D eigenvalue weighted by atomic mass is 9.89. The molecule has 2 saturated heterocycles. The van der Waals surface area contributed by atoms with Gasteiger partial charge in [-0.2, -0.15) is 11.8 Å². The molecule has 2 unspecified atom stereocenters. The number of carbonyl (C=O) groups excluding carboxylic acids is 1. The smallest absolute Gasteiger partial charge is 0.407 e. The van der Waals surface area contributed by atoms with Crippen molar-refractivity contribution in [3.05, 3.63) is 35.9 Å². The fourth-order valence-electron chi connectivity index (χ4n) is 3.34. The molecule has 2 aliphatic rings. The first-order valence-corrected chi connectivity index (χ1v) is 8.84. The Balaban J connectivity index is 1.38. The zero-order chi connectivity index (χ0) is 14.5. The Bertz CT molecular complexity index is 453. The molecule has 0 aliphatic carbocycles. The van der Waals surface area contributed by atoms with Crippen molar-refractivity contribution in [3.63, 3.8) is 0 Å². The lowest BCUT2D eigenvalue weighted by Gasteiger charge is -2.38. The number of hydrogen-bond acceptors (Lipinski definition) is 3. The van der Waals surface area contributed by atoms with Crippen LogP contribution in [0.25, 0.3) is 0 Å². The van der Waals surface area contributed by atoms with Gasteiger partial charge in [0.2, 0.25) is 0 Å². The molecule has 1 aromatic carbocycles. The second-order valence-electron chi connectivity index (χ2n) is 6.09. The predicted octanol–water partition coefficient (Wildman–Crippen LogP) is 3.98. The van der Waals surface area contributed by atoms with Crippen molar-refractivity contribution in [1.82, 2.24) is 5.32 Å². The van der Waals surface area contributed by atoms with Gasteiger partial charge >= 0.3 is 6.09 Å². The van der Waals surface area contributed by atoms with Crippen LogP contribution in [0.4, 0.5) is 4.79 Å². The minimum Gasteiger partial charge on any atom is -0.445 e. The summed E-state index contributed by atoms with van der Waals surface area (Å²) in [6.07, 6.45) is 6.32. The number of alkyl carbamates (subject to hydrolysis) is 1. The van der Waals surface area contributed by atoms with Crippen LogP contribution in [0.15, 0.2) is 30.3 Å². The molecule has 0 spiro atoms. The van der Waals surface area contributed by atoms with Gasteiger partial charge in [0.1, 0.15) is 6.61 Å². The quantitative estimate of drug-likeness (QED) is 0.914. The number of benzene rings is 1. The number of hydrogen-bond donors (Lipinski definition) is 1. The summed E-state index contributed by atoms with van der Waals surface area (Å²) in [4.78, 5) is 11.8. The second-order valence-corrected chi connectivity index (χ2v) is 7.70. The van der Waals surface area contributed by atoms with Crippen LogP contribution in [0.1, 0.15) is 37.7 Å². The highest BCUT2D eigenvalue weighted by molar-refractivity contribution is 8.00. The van der Waals surface area contributed by atoms with E-state index in [-0.39, 0.29) is 6.09 Å². The van der Waals surface area contributed by atoms with Gasteiger partial charge in [0, 0.05) is 17.0 Å². The molecule has 3 rings (SSSR count). The molecule has 3 nitrogen and oxygen atoms in total. The number of amides is 1. The van der Waals surface area contributed by atoms with Gasteiger partial charge in [0.15, 0.2) is 0 Å². The van der Waals surface area contributed by atoms with Gasteiger partial charge in [-0.15, -0.1) is 0 Å². The molecule has 2 bridgehead atoms. The number of nitrogens with one attached hydrogen (secondary N) is 1. The average molecular weight is 305 g/mol. The van der Waals surface area contributed by atoms with Crippen molar-refractivity contribution < 1.29 is 9.53 Å². The van der Waals surface area contributed by atoms with E-state index in [0.717, 1.165) is 22.6 Å². The van der Waals surface area contributed by atoms with E-state index in [4.69, 9.17) is 4.74 Å². The molecule has 2 heterocycles. The number of thioether (sulfide) groups is 1.